The Balaban J connectivity index is 0.000000591. The van der Waals surface area contributed by atoms with Gasteiger partial charge in [-0.15, -0.1) is 0 Å². The van der Waals surface area contributed by atoms with Crippen molar-refractivity contribution in [2.75, 3.05) is 12.3 Å². The highest BCUT2D eigenvalue weighted by atomic mass is 35.5. The number of pyridine rings is 1. The molecule has 2 aromatic carbocycles. The van der Waals surface area contributed by atoms with Crippen molar-refractivity contribution < 1.29 is 42.7 Å². The number of fused-ring (bicyclic) bond motifs is 1. The number of nitrogens with zero attached hydrogens (tertiary/aromatic N) is 5. The quantitative estimate of drug-likeness (QED) is 0.162. The molecule has 3 aromatic heterocycles. The number of aliphatic hydroxyl groups is 1. The third-order valence-electron chi connectivity index (χ3n) is 6.41. The maximum absolute atomic E-state index is 13.6. The molecular weight excluding hydrogens is 623 g/mol. The molecule has 0 radical (unpaired) electrons. The molecule has 3 heterocycles. The maximum Gasteiger partial charge on any atom is 0.490 e. The summed E-state index contributed by atoms with van der Waals surface area (Å²) >= 11 is 5.97. The smallest absolute Gasteiger partial charge is 0.490 e. The maximum atomic E-state index is 13.6. The number of phenolic OH excluding ortho intramolecular Hbond substituents is 1. The number of rotatable bonds is 8. The van der Waals surface area contributed by atoms with Crippen molar-refractivity contribution in [1.29, 1.82) is 0 Å². The van der Waals surface area contributed by atoms with E-state index in [1.807, 2.05) is 19.1 Å². The Morgan fingerprint density at radius 2 is 1.78 bits per heavy atom. The van der Waals surface area contributed by atoms with Gasteiger partial charge in [-0.25, -0.2) is 14.4 Å². The molecule has 0 saturated heterocycles. The van der Waals surface area contributed by atoms with Crippen LogP contribution in [-0.2, 0) is 17.8 Å². The standard InChI is InChI=1S/C26H24ClN7O4.C2HF3O2/c1-2-34-23-18(26(37)30-16(13-35)11-14-7-9-15(27)10-8-14)12-29-20(17-5-3-4-6-19(17)36)21(23)31-25(34)22-24(28)33-38-32-22;3-2(4,5)1(6)7/h3-10,12,16,35-36H,2,11,13H2,1H3,(H2,28,33)(H,30,37);(H,6,7). The summed E-state index contributed by atoms with van der Waals surface area (Å²) in [5.41, 5.74) is 8.94. The van der Waals surface area contributed by atoms with E-state index in [1.165, 1.54) is 6.20 Å². The van der Waals surface area contributed by atoms with E-state index in [0.717, 1.165) is 5.56 Å². The van der Waals surface area contributed by atoms with E-state index in [2.05, 4.69) is 20.6 Å². The predicted octanol–water partition coefficient (Wildman–Crippen LogP) is 4.08. The molecule has 1 amide bonds. The molecule has 236 valence electrons. The van der Waals surface area contributed by atoms with E-state index in [-0.39, 0.29) is 29.4 Å². The molecule has 13 nitrogen and oxygen atoms in total. The average molecular weight is 648 g/mol. The van der Waals surface area contributed by atoms with Crippen LogP contribution in [0, 0.1) is 0 Å². The number of phenols is 1. The van der Waals surface area contributed by atoms with Crippen LogP contribution >= 0.6 is 11.6 Å². The summed E-state index contributed by atoms with van der Waals surface area (Å²) in [4.78, 5) is 31.7. The second-order valence-electron chi connectivity index (χ2n) is 9.40. The highest BCUT2D eigenvalue weighted by Gasteiger charge is 2.38. The molecular formula is C28H25ClF3N7O6. The third-order valence-corrected chi connectivity index (χ3v) is 6.66. The van der Waals surface area contributed by atoms with Crippen LogP contribution in [0.3, 0.4) is 0 Å². The van der Waals surface area contributed by atoms with E-state index < -0.39 is 24.1 Å². The summed E-state index contributed by atoms with van der Waals surface area (Å²) < 4.78 is 38.3. The van der Waals surface area contributed by atoms with E-state index >= 15 is 0 Å². The highest BCUT2D eigenvalue weighted by Crippen LogP contribution is 2.36. The minimum atomic E-state index is -5.08. The number of imidazole rings is 1. The van der Waals surface area contributed by atoms with Gasteiger partial charge in [-0.2, -0.15) is 13.2 Å². The van der Waals surface area contributed by atoms with Crippen LogP contribution in [0.4, 0.5) is 19.0 Å². The molecule has 0 aliphatic carbocycles. The summed E-state index contributed by atoms with van der Waals surface area (Å²) in [6.45, 7) is 2.00. The van der Waals surface area contributed by atoms with E-state index in [4.69, 9.17) is 36.8 Å². The number of hydrogen-bond acceptors (Lipinski definition) is 10. The first-order valence-electron chi connectivity index (χ1n) is 13.1. The fourth-order valence-corrected chi connectivity index (χ4v) is 4.47. The zero-order valence-corrected chi connectivity index (χ0v) is 24.0. The molecule has 6 N–H and O–H groups in total. The van der Waals surface area contributed by atoms with Gasteiger partial charge in [0.1, 0.15) is 17.0 Å². The van der Waals surface area contributed by atoms with Crippen molar-refractivity contribution in [2.24, 2.45) is 0 Å². The number of nitrogens with one attached hydrogen (secondary N) is 1. The SMILES string of the molecule is CCn1c(-c2nonc2N)nc2c(-c3ccccc3O)ncc(C(=O)NC(CO)Cc3ccc(Cl)cc3)c21.O=C(O)C(F)(F)F. The van der Waals surface area contributed by atoms with Crippen LogP contribution in [0.1, 0.15) is 22.8 Å². The van der Waals surface area contributed by atoms with Crippen LogP contribution in [0.15, 0.2) is 59.4 Å². The second-order valence-corrected chi connectivity index (χ2v) is 9.84. The lowest BCUT2D eigenvalue weighted by molar-refractivity contribution is -0.192. The second kappa shape index (κ2) is 13.6. The number of halogens is 4. The number of aliphatic hydroxyl groups excluding tert-OH is 1. The topological polar surface area (TPSA) is 203 Å². The number of aromatic hydroxyl groups is 1. The van der Waals surface area contributed by atoms with Gasteiger partial charge in [-0.1, -0.05) is 35.9 Å². The molecule has 0 spiro atoms. The average Bonchev–Trinajstić information content (AvgIpc) is 3.60. The van der Waals surface area contributed by atoms with Gasteiger partial charge in [0.15, 0.2) is 17.3 Å². The molecule has 0 saturated carbocycles. The normalized spacial score (nSPS) is 12.0. The van der Waals surface area contributed by atoms with Crippen LogP contribution in [0.5, 0.6) is 5.75 Å². The Hall–Kier alpha value is -5.22. The minimum Gasteiger partial charge on any atom is -0.507 e. The van der Waals surface area contributed by atoms with Crippen molar-refractivity contribution in [3.63, 3.8) is 0 Å². The van der Waals surface area contributed by atoms with E-state index in [9.17, 15) is 28.2 Å². The Labute approximate surface area is 257 Å². The zero-order chi connectivity index (χ0) is 32.9. The molecule has 17 heteroatoms. The monoisotopic (exact) mass is 647 g/mol. The number of carbonyl (C=O) groups excluding carboxylic acids is 1. The third kappa shape index (κ3) is 7.30. The first-order valence-corrected chi connectivity index (χ1v) is 13.5. The molecule has 45 heavy (non-hydrogen) atoms. The molecule has 1 atom stereocenters. The Kier molecular flexibility index (Phi) is 9.88. The van der Waals surface area contributed by atoms with Crippen LogP contribution in [-0.4, -0.2) is 70.9 Å². The van der Waals surface area contributed by atoms with E-state index in [1.54, 1.807) is 41.0 Å². The lowest BCUT2D eigenvalue weighted by atomic mass is 10.0. The summed E-state index contributed by atoms with van der Waals surface area (Å²) in [5.74, 6) is -2.82. The van der Waals surface area contributed by atoms with Gasteiger partial charge in [0.05, 0.1) is 23.7 Å². The number of aliphatic carboxylic acids is 1. The van der Waals surface area contributed by atoms with Crippen molar-refractivity contribution in [1.82, 2.24) is 30.2 Å². The molecule has 0 aliphatic rings. The molecule has 0 bridgehead atoms. The van der Waals surface area contributed by atoms with Crippen molar-refractivity contribution in [2.45, 2.75) is 32.1 Å². The number of amides is 1. The van der Waals surface area contributed by atoms with Gasteiger partial charge in [0, 0.05) is 23.3 Å². The number of aryl methyl sites for hydroxylation is 1. The van der Waals surface area contributed by atoms with Crippen LogP contribution in [0.25, 0.3) is 33.8 Å². The van der Waals surface area contributed by atoms with Gasteiger partial charge in [0.2, 0.25) is 0 Å². The lowest BCUT2D eigenvalue weighted by Crippen LogP contribution is -2.39. The van der Waals surface area contributed by atoms with Gasteiger partial charge >= 0.3 is 12.1 Å². The molecule has 5 rings (SSSR count). The number of nitrogen functional groups attached to an aromatic ring is 1. The molecule has 0 fully saturated rings. The summed E-state index contributed by atoms with van der Waals surface area (Å²) in [6, 6.07) is 13.3. The summed E-state index contributed by atoms with van der Waals surface area (Å²) in [6.07, 6.45) is -3.26. The number of benzene rings is 2. The Morgan fingerprint density at radius 3 is 2.33 bits per heavy atom. The number of anilines is 1. The number of carboxylic acid groups (broad SMARTS) is 1. The zero-order valence-electron chi connectivity index (χ0n) is 23.3. The van der Waals surface area contributed by atoms with Gasteiger partial charge in [0.25, 0.3) is 5.91 Å². The molecule has 0 aliphatic heterocycles. The Bertz CT molecular complexity index is 1830. The molecule has 1 unspecified atom stereocenters. The van der Waals surface area contributed by atoms with Crippen LogP contribution in [0.2, 0.25) is 5.02 Å². The minimum absolute atomic E-state index is 0.0111. The van der Waals surface area contributed by atoms with Gasteiger partial charge in [-0.3, -0.25) is 9.78 Å². The highest BCUT2D eigenvalue weighted by molar-refractivity contribution is 6.30. The van der Waals surface area contributed by atoms with Crippen molar-refractivity contribution in [3.8, 4) is 28.5 Å². The number of nitrogens with two attached hydrogens (primary N) is 1. The van der Waals surface area contributed by atoms with Crippen molar-refractivity contribution in [3.05, 3.63) is 70.9 Å². The molecule has 5 aromatic rings. The number of carboxylic acids is 1. The fourth-order valence-electron chi connectivity index (χ4n) is 4.35. The van der Waals surface area contributed by atoms with Gasteiger partial charge < -0.3 is 30.9 Å². The van der Waals surface area contributed by atoms with E-state index in [0.29, 0.717) is 46.1 Å². The lowest BCUT2D eigenvalue weighted by Gasteiger charge is -2.18. The van der Waals surface area contributed by atoms with Gasteiger partial charge in [-0.05, 0) is 53.5 Å². The number of alkyl halides is 3. The number of para-hydroxylation sites is 1. The fraction of sp³-hybridized carbons (Fsp3) is 0.214. The van der Waals surface area contributed by atoms with Crippen molar-refractivity contribution >= 4 is 40.3 Å². The number of aromatic nitrogens is 5. The first-order chi connectivity index (χ1) is 21.3. The first kappa shape index (κ1) is 32.7. The summed E-state index contributed by atoms with van der Waals surface area (Å²) in [5, 5.41) is 38.7. The largest absolute Gasteiger partial charge is 0.507 e. The summed E-state index contributed by atoms with van der Waals surface area (Å²) in [7, 11) is 0. The van der Waals surface area contributed by atoms with Crippen LogP contribution < -0.4 is 11.1 Å². The predicted molar refractivity (Wildman–Crippen MR) is 155 cm³/mol. The number of carbonyl (C=O) groups is 2. The Morgan fingerprint density at radius 1 is 1.11 bits per heavy atom. The number of hydrogen-bond donors (Lipinski definition) is 5.